The summed E-state index contributed by atoms with van der Waals surface area (Å²) in [6.45, 7) is 3.00. The average Bonchev–Trinajstić information content (AvgIpc) is 2.34. The van der Waals surface area contributed by atoms with Crippen LogP contribution in [0.1, 0.15) is 13.8 Å². The molecule has 0 saturated carbocycles. The van der Waals surface area contributed by atoms with Gasteiger partial charge in [-0.3, -0.25) is 4.79 Å². The summed E-state index contributed by atoms with van der Waals surface area (Å²) in [6.07, 6.45) is 0. The van der Waals surface area contributed by atoms with Crippen molar-refractivity contribution >= 4 is 39.4 Å². The van der Waals surface area contributed by atoms with Crippen LogP contribution in [0.5, 0.6) is 5.75 Å². The Morgan fingerprint density at radius 2 is 2.05 bits per heavy atom. The smallest absolute Gasteiger partial charge is 0.344 e. The molecule has 0 fully saturated rings. The van der Waals surface area contributed by atoms with E-state index < -0.39 is 5.97 Å². The summed E-state index contributed by atoms with van der Waals surface area (Å²) in [5.74, 6) is -0.614. The number of amides is 1. The highest BCUT2D eigenvalue weighted by molar-refractivity contribution is 9.10. The maximum Gasteiger partial charge on any atom is 0.344 e. The van der Waals surface area contributed by atoms with Gasteiger partial charge >= 0.3 is 5.97 Å². The van der Waals surface area contributed by atoms with Crippen LogP contribution in [0.25, 0.3) is 0 Å². The van der Waals surface area contributed by atoms with Gasteiger partial charge in [-0.05, 0) is 32.0 Å². The quantitative estimate of drug-likeness (QED) is 0.788. The lowest BCUT2D eigenvalue weighted by molar-refractivity contribution is -0.150. The number of benzene rings is 1. The number of hydrogen-bond donors (Lipinski definition) is 1. The molecular formula is C13H15BrClNO4. The minimum absolute atomic E-state index is 0.000904. The number of hydrogen-bond acceptors (Lipinski definition) is 4. The molecule has 1 N–H and O–H groups in total. The molecule has 5 nitrogen and oxygen atoms in total. The first kappa shape index (κ1) is 16.8. The zero-order valence-electron chi connectivity index (χ0n) is 11.1. The molecule has 1 aromatic rings. The van der Waals surface area contributed by atoms with Crippen molar-refractivity contribution in [1.29, 1.82) is 0 Å². The van der Waals surface area contributed by atoms with Crippen LogP contribution in [0.3, 0.4) is 0 Å². The molecule has 1 aromatic carbocycles. The van der Waals surface area contributed by atoms with Gasteiger partial charge in [0.2, 0.25) is 0 Å². The molecule has 0 aliphatic heterocycles. The summed E-state index contributed by atoms with van der Waals surface area (Å²) < 4.78 is 10.8. The highest BCUT2D eigenvalue weighted by Crippen LogP contribution is 2.27. The Kier molecular flexibility index (Phi) is 6.81. The van der Waals surface area contributed by atoms with Crippen molar-refractivity contribution in [2.75, 3.05) is 13.2 Å². The zero-order valence-corrected chi connectivity index (χ0v) is 13.5. The van der Waals surface area contributed by atoms with E-state index in [1.807, 2.05) is 13.8 Å². The minimum Gasteiger partial charge on any atom is -0.480 e. The number of nitrogens with one attached hydrogen (secondary N) is 1. The monoisotopic (exact) mass is 363 g/mol. The summed E-state index contributed by atoms with van der Waals surface area (Å²) in [7, 11) is 0. The van der Waals surface area contributed by atoms with Crippen molar-refractivity contribution < 1.29 is 19.1 Å². The van der Waals surface area contributed by atoms with Gasteiger partial charge in [0.15, 0.2) is 13.2 Å². The van der Waals surface area contributed by atoms with E-state index in [9.17, 15) is 9.59 Å². The first-order chi connectivity index (χ1) is 9.38. The van der Waals surface area contributed by atoms with Crippen LogP contribution in [0.4, 0.5) is 0 Å². The fraction of sp³-hybridized carbons (Fsp3) is 0.385. The van der Waals surface area contributed by atoms with Gasteiger partial charge in [-0.1, -0.05) is 27.5 Å². The van der Waals surface area contributed by atoms with Crippen molar-refractivity contribution in [1.82, 2.24) is 5.32 Å². The Morgan fingerprint density at radius 3 is 2.65 bits per heavy atom. The molecule has 0 spiro atoms. The third-order valence-electron chi connectivity index (χ3n) is 2.05. The van der Waals surface area contributed by atoms with Crippen molar-refractivity contribution in [2.24, 2.45) is 0 Å². The molecule has 0 radical (unpaired) electrons. The van der Waals surface area contributed by atoms with E-state index in [1.54, 1.807) is 18.2 Å². The molecule has 1 amide bonds. The molecule has 0 atom stereocenters. The van der Waals surface area contributed by atoms with Gasteiger partial charge in [0.25, 0.3) is 5.91 Å². The van der Waals surface area contributed by atoms with E-state index in [2.05, 4.69) is 21.2 Å². The van der Waals surface area contributed by atoms with Crippen molar-refractivity contribution in [2.45, 2.75) is 19.9 Å². The van der Waals surface area contributed by atoms with E-state index >= 15 is 0 Å². The van der Waals surface area contributed by atoms with E-state index in [0.717, 1.165) is 4.47 Å². The molecule has 1 rings (SSSR count). The molecular weight excluding hydrogens is 350 g/mol. The number of rotatable bonds is 6. The predicted octanol–water partition coefficient (Wildman–Crippen LogP) is 2.55. The Balaban J connectivity index is 2.34. The number of halogens is 2. The molecule has 0 aliphatic rings. The van der Waals surface area contributed by atoms with Crippen LogP contribution in [0.2, 0.25) is 5.02 Å². The van der Waals surface area contributed by atoms with Gasteiger partial charge in [-0.2, -0.15) is 0 Å². The van der Waals surface area contributed by atoms with Gasteiger partial charge < -0.3 is 14.8 Å². The Hall–Kier alpha value is -1.27. The molecule has 0 aromatic heterocycles. The first-order valence-electron chi connectivity index (χ1n) is 5.91. The average molecular weight is 365 g/mol. The van der Waals surface area contributed by atoms with E-state index in [1.165, 1.54) is 0 Å². The molecule has 0 unspecified atom stereocenters. The van der Waals surface area contributed by atoms with Crippen LogP contribution < -0.4 is 10.1 Å². The molecule has 20 heavy (non-hydrogen) atoms. The fourth-order valence-corrected chi connectivity index (χ4v) is 2.01. The third-order valence-corrected chi connectivity index (χ3v) is 2.84. The SMILES string of the molecule is CC(C)NC(=O)COC(=O)COc1ccc(Br)cc1Cl. The van der Waals surface area contributed by atoms with E-state index in [-0.39, 0.29) is 25.2 Å². The molecule has 110 valence electrons. The first-order valence-corrected chi connectivity index (χ1v) is 7.08. The molecule has 0 saturated heterocycles. The topological polar surface area (TPSA) is 64.6 Å². The van der Waals surface area contributed by atoms with Crippen molar-refractivity contribution in [3.05, 3.63) is 27.7 Å². The minimum atomic E-state index is -0.636. The van der Waals surface area contributed by atoms with Crippen molar-refractivity contribution in [3.63, 3.8) is 0 Å². The summed E-state index contributed by atoms with van der Waals surface area (Å²) in [6, 6.07) is 5.02. The van der Waals surface area contributed by atoms with Crippen LogP contribution in [0, 0.1) is 0 Å². The lowest BCUT2D eigenvalue weighted by Gasteiger charge is -2.10. The Labute approximate surface area is 130 Å². The zero-order chi connectivity index (χ0) is 15.1. The molecule has 0 bridgehead atoms. The second-order valence-electron chi connectivity index (χ2n) is 4.25. The lowest BCUT2D eigenvalue weighted by atomic mass is 10.3. The predicted molar refractivity (Wildman–Crippen MR) is 78.9 cm³/mol. The molecule has 0 heterocycles. The van der Waals surface area contributed by atoms with Gasteiger partial charge in [-0.15, -0.1) is 0 Å². The number of carbonyl (C=O) groups excluding carboxylic acids is 2. The normalized spacial score (nSPS) is 10.2. The summed E-state index contributed by atoms with van der Waals surface area (Å²) in [5.41, 5.74) is 0. The second-order valence-corrected chi connectivity index (χ2v) is 5.57. The van der Waals surface area contributed by atoms with Crippen molar-refractivity contribution in [3.8, 4) is 5.75 Å². The van der Waals surface area contributed by atoms with Crippen LogP contribution in [-0.2, 0) is 14.3 Å². The van der Waals surface area contributed by atoms with Crippen LogP contribution >= 0.6 is 27.5 Å². The Bertz CT molecular complexity index is 493. The summed E-state index contributed by atoms with van der Waals surface area (Å²) in [4.78, 5) is 22.7. The maximum absolute atomic E-state index is 11.4. The second kappa shape index (κ2) is 8.11. The van der Waals surface area contributed by atoms with Gasteiger partial charge in [0, 0.05) is 10.5 Å². The van der Waals surface area contributed by atoms with Crippen LogP contribution in [0.15, 0.2) is 22.7 Å². The number of esters is 1. The van der Waals surface area contributed by atoms with E-state index in [0.29, 0.717) is 10.8 Å². The standard InChI is InChI=1S/C13H15BrClNO4/c1-8(2)16-12(17)6-20-13(18)7-19-11-4-3-9(14)5-10(11)15/h3-5,8H,6-7H2,1-2H3,(H,16,17). The molecule has 7 heteroatoms. The number of ether oxygens (including phenoxy) is 2. The van der Waals surface area contributed by atoms with Crippen LogP contribution in [-0.4, -0.2) is 31.1 Å². The van der Waals surface area contributed by atoms with Gasteiger partial charge in [-0.25, -0.2) is 4.79 Å². The van der Waals surface area contributed by atoms with E-state index in [4.69, 9.17) is 21.1 Å². The highest BCUT2D eigenvalue weighted by atomic mass is 79.9. The van der Waals surface area contributed by atoms with Gasteiger partial charge in [0.05, 0.1) is 5.02 Å². The lowest BCUT2D eigenvalue weighted by Crippen LogP contribution is -2.34. The summed E-state index contributed by atoms with van der Waals surface area (Å²) in [5, 5.41) is 2.98. The summed E-state index contributed by atoms with van der Waals surface area (Å²) >= 11 is 9.19. The molecule has 0 aliphatic carbocycles. The highest BCUT2D eigenvalue weighted by Gasteiger charge is 2.10. The maximum atomic E-state index is 11.4. The van der Waals surface area contributed by atoms with Gasteiger partial charge in [0.1, 0.15) is 5.75 Å². The largest absolute Gasteiger partial charge is 0.480 e. The number of carbonyl (C=O) groups is 2. The fourth-order valence-electron chi connectivity index (χ4n) is 1.28. The third kappa shape index (κ3) is 6.25. The Morgan fingerprint density at radius 1 is 1.35 bits per heavy atom.